The Morgan fingerprint density at radius 1 is 1.19 bits per heavy atom. The number of aromatic hydroxyl groups is 1. The maximum absolute atomic E-state index is 9.12. The van der Waals surface area contributed by atoms with E-state index in [4.69, 9.17) is 9.84 Å². The number of hydrogen-bond acceptors (Lipinski definition) is 5. The number of phenolic OH excluding ortho intramolecular Hbond substituents is 1. The predicted octanol–water partition coefficient (Wildman–Crippen LogP) is 2.70. The first-order chi connectivity index (χ1) is 7.78. The van der Waals surface area contributed by atoms with Crippen molar-refractivity contribution in [3.05, 3.63) is 36.7 Å². The van der Waals surface area contributed by atoms with Crippen molar-refractivity contribution < 1.29 is 9.84 Å². The third-order valence-corrected chi connectivity index (χ3v) is 2.53. The molecule has 0 unspecified atom stereocenters. The smallest absolute Gasteiger partial charge is 0.223 e. The van der Waals surface area contributed by atoms with Crippen LogP contribution >= 0.6 is 11.8 Å². The highest BCUT2D eigenvalue weighted by Gasteiger charge is 2.00. The summed E-state index contributed by atoms with van der Waals surface area (Å²) < 4.78 is 5.50. The van der Waals surface area contributed by atoms with Crippen LogP contribution < -0.4 is 4.74 Å². The van der Waals surface area contributed by atoms with E-state index in [1.54, 1.807) is 30.3 Å². The average molecular weight is 234 g/mol. The fraction of sp³-hybridized carbons (Fsp3) is 0.0909. The number of rotatable bonds is 3. The molecule has 0 saturated carbocycles. The highest BCUT2D eigenvalue weighted by molar-refractivity contribution is 7.98. The fourth-order valence-corrected chi connectivity index (χ4v) is 1.50. The normalized spacial score (nSPS) is 10.1. The number of hydrogen-bond donors (Lipinski definition) is 1. The quantitative estimate of drug-likeness (QED) is 0.653. The second-order valence-corrected chi connectivity index (χ2v) is 3.82. The van der Waals surface area contributed by atoms with Gasteiger partial charge in [-0.25, -0.2) is 9.97 Å². The number of phenols is 1. The highest BCUT2D eigenvalue weighted by Crippen LogP contribution is 2.23. The van der Waals surface area contributed by atoms with Gasteiger partial charge in [-0.05, 0) is 30.5 Å². The molecule has 5 heteroatoms. The van der Waals surface area contributed by atoms with E-state index < -0.39 is 0 Å². The molecule has 0 fully saturated rings. The zero-order valence-electron chi connectivity index (χ0n) is 8.62. The highest BCUT2D eigenvalue weighted by atomic mass is 32.2. The van der Waals surface area contributed by atoms with Crippen LogP contribution in [0.25, 0.3) is 0 Å². The Hall–Kier alpha value is -1.75. The number of thioether (sulfide) groups is 1. The molecule has 1 heterocycles. The maximum Gasteiger partial charge on any atom is 0.223 e. The van der Waals surface area contributed by atoms with Gasteiger partial charge in [0.15, 0.2) is 0 Å². The van der Waals surface area contributed by atoms with Crippen molar-refractivity contribution in [2.45, 2.75) is 5.03 Å². The van der Waals surface area contributed by atoms with Crippen LogP contribution in [0.1, 0.15) is 0 Å². The van der Waals surface area contributed by atoms with E-state index in [1.807, 2.05) is 6.26 Å². The third-order valence-electron chi connectivity index (χ3n) is 1.89. The zero-order valence-corrected chi connectivity index (χ0v) is 9.44. The van der Waals surface area contributed by atoms with E-state index in [-0.39, 0.29) is 5.75 Å². The van der Waals surface area contributed by atoms with Crippen molar-refractivity contribution >= 4 is 11.8 Å². The average Bonchev–Trinajstić information content (AvgIpc) is 2.32. The standard InChI is InChI=1S/C11H10N2O2S/c1-16-11-6-10(12-7-13-11)15-9-4-2-8(14)3-5-9/h2-7,14H,1H3. The summed E-state index contributed by atoms with van der Waals surface area (Å²) in [6.45, 7) is 0. The first kappa shape index (κ1) is 10.8. The summed E-state index contributed by atoms with van der Waals surface area (Å²) in [5.41, 5.74) is 0. The van der Waals surface area contributed by atoms with E-state index in [0.29, 0.717) is 11.6 Å². The van der Waals surface area contributed by atoms with E-state index in [0.717, 1.165) is 5.03 Å². The lowest BCUT2D eigenvalue weighted by atomic mass is 10.3. The molecule has 0 amide bonds. The van der Waals surface area contributed by atoms with Crippen LogP contribution in [0.5, 0.6) is 17.4 Å². The Morgan fingerprint density at radius 3 is 2.62 bits per heavy atom. The van der Waals surface area contributed by atoms with Crippen LogP contribution in [-0.4, -0.2) is 21.3 Å². The Morgan fingerprint density at radius 2 is 1.94 bits per heavy atom. The minimum atomic E-state index is 0.208. The summed E-state index contributed by atoms with van der Waals surface area (Å²) in [5, 5.41) is 9.97. The van der Waals surface area contributed by atoms with Gasteiger partial charge in [-0.1, -0.05) is 0 Å². The Bertz CT molecular complexity index is 474. The van der Waals surface area contributed by atoms with Gasteiger partial charge in [0.25, 0.3) is 0 Å². The van der Waals surface area contributed by atoms with Crippen molar-refractivity contribution in [3.8, 4) is 17.4 Å². The number of aromatic nitrogens is 2. The summed E-state index contributed by atoms with van der Waals surface area (Å²) in [6.07, 6.45) is 3.40. The molecule has 0 spiro atoms. The van der Waals surface area contributed by atoms with Crippen molar-refractivity contribution in [3.63, 3.8) is 0 Å². The molecule has 1 N–H and O–H groups in total. The number of nitrogens with zero attached hydrogens (tertiary/aromatic N) is 2. The lowest BCUT2D eigenvalue weighted by Gasteiger charge is -2.04. The van der Waals surface area contributed by atoms with Crippen LogP contribution in [0.2, 0.25) is 0 Å². The molecule has 2 aromatic rings. The minimum absolute atomic E-state index is 0.208. The topological polar surface area (TPSA) is 55.2 Å². The van der Waals surface area contributed by atoms with E-state index in [9.17, 15) is 0 Å². The molecular weight excluding hydrogens is 224 g/mol. The summed E-state index contributed by atoms with van der Waals surface area (Å²) in [7, 11) is 0. The maximum atomic E-state index is 9.12. The molecular formula is C11H10N2O2S. The van der Waals surface area contributed by atoms with Crippen molar-refractivity contribution in [2.24, 2.45) is 0 Å². The van der Waals surface area contributed by atoms with Crippen LogP contribution in [-0.2, 0) is 0 Å². The molecule has 0 bridgehead atoms. The fourth-order valence-electron chi connectivity index (χ4n) is 1.13. The molecule has 1 aromatic carbocycles. The molecule has 4 nitrogen and oxygen atoms in total. The minimum Gasteiger partial charge on any atom is -0.508 e. The molecule has 0 aliphatic rings. The summed E-state index contributed by atoms with van der Waals surface area (Å²) in [6, 6.07) is 8.24. The van der Waals surface area contributed by atoms with Crippen molar-refractivity contribution in [1.29, 1.82) is 0 Å². The van der Waals surface area contributed by atoms with Crippen LogP contribution in [0.15, 0.2) is 41.7 Å². The summed E-state index contributed by atoms with van der Waals surface area (Å²) >= 11 is 1.52. The Kier molecular flexibility index (Phi) is 3.26. The second-order valence-electron chi connectivity index (χ2n) is 2.99. The van der Waals surface area contributed by atoms with Gasteiger partial charge in [-0.2, -0.15) is 0 Å². The monoisotopic (exact) mass is 234 g/mol. The van der Waals surface area contributed by atoms with Gasteiger partial charge in [-0.15, -0.1) is 11.8 Å². The van der Waals surface area contributed by atoms with Gasteiger partial charge in [0.1, 0.15) is 22.9 Å². The molecule has 0 aliphatic heterocycles. The van der Waals surface area contributed by atoms with Crippen LogP contribution in [0.4, 0.5) is 0 Å². The molecule has 16 heavy (non-hydrogen) atoms. The van der Waals surface area contributed by atoms with Crippen LogP contribution in [0, 0.1) is 0 Å². The third kappa shape index (κ3) is 2.64. The van der Waals surface area contributed by atoms with E-state index in [2.05, 4.69) is 9.97 Å². The Labute approximate surface area is 97.3 Å². The molecule has 0 atom stereocenters. The van der Waals surface area contributed by atoms with Gasteiger partial charge in [0.05, 0.1) is 0 Å². The largest absolute Gasteiger partial charge is 0.508 e. The zero-order chi connectivity index (χ0) is 11.4. The van der Waals surface area contributed by atoms with Gasteiger partial charge in [0.2, 0.25) is 5.88 Å². The van der Waals surface area contributed by atoms with Crippen molar-refractivity contribution in [2.75, 3.05) is 6.26 Å². The van der Waals surface area contributed by atoms with Crippen LogP contribution in [0.3, 0.4) is 0 Å². The predicted molar refractivity (Wildman–Crippen MR) is 62.0 cm³/mol. The Balaban J connectivity index is 2.16. The molecule has 1 aromatic heterocycles. The second kappa shape index (κ2) is 4.85. The van der Waals surface area contributed by atoms with Gasteiger partial charge >= 0.3 is 0 Å². The lowest BCUT2D eigenvalue weighted by molar-refractivity contribution is 0.451. The first-order valence-corrected chi connectivity index (χ1v) is 5.83. The summed E-state index contributed by atoms with van der Waals surface area (Å²) in [4.78, 5) is 8.04. The lowest BCUT2D eigenvalue weighted by Crippen LogP contribution is -1.89. The molecule has 0 saturated heterocycles. The molecule has 0 radical (unpaired) electrons. The molecule has 82 valence electrons. The van der Waals surface area contributed by atoms with Gasteiger partial charge in [0, 0.05) is 6.07 Å². The van der Waals surface area contributed by atoms with Crippen molar-refractivity contribution in [1.82, 2.24) is 9.97 Å². The van der Waals surface area contributed by atoms with Gasteiger partial charge in [-0.3, -0.25) is 0 Å². The molecule has 0 aliphatic carbocycles. The summed E-state index contributed by atoms with van der Waals surface area (Å²) in [5.74, 6) is 1.33. The molecule has 2 rings (SSSR count). The number of ether oxygens (including phenoxy) is 1. The number of benzene rings is 1. The van der Waals surface area contributed by atoms with E-state index in [1.165, 1.54) is 18.1 Å². The van der Waals surface area contributed by atoms with E-state index >= 15 is 0 Å². The van der Waals surface area contributed by atoms with Gasteiger partial charge < -0.3 is 9.84 Å². The first-order valence-electron chi connectivity index (χ1n) is 4.61. The SMILES string of the molecule is CSc1cc(Oc2ccc(O)cc2)ncn1.